The van der Waals surface area contributed by atoms with Crippen molar-refractivity contribution in [2.24, 2.45) is 0 Å². The van der Waals surface area contributed by atoms with E-state index in [4.69, 9.17) is 0 Å². The first-order valence-corrected chi connectivity index (χ1v) is 9.13. The van der Waals surface area contributed by atoms with Crippen LogP contribution in [0, 0.1) is 6.92 Å². The van der Waals surface area contributed by atoms with Gasteiger partial charge in [-0.15, -0.1) is 0 Å². The van der Waals surface area contributed by atoms with Crippen LogP contribution < -0.4 is 24.8 Å². The molecule has 0 spiro atoms. The summed E-state index contributed by atoms with van der Waals surface area (Å²) in [5.74, 6) is 0. The van der Waals surface area contributed by atoms with E-state index in [9.17, 15) is 0 Å². The Morgan fingerprint density at radius 1 is 1.25 bits per heavy atom. The van der Waals surface area contributed by atoms with Crippen LogP contribution >= 0.6 is 0 Å². The molecule has 0 bridgehead atoms. The molecule has 0 nitrogen and oxygen atoms in total. The Kier molecular flexibility index (Phi) is 6.51. The van der Waals surface area contributed by atoms with E-state index in [1.165, 1.54) is 24.0 Å². The molecule has 0 amide bonds. The first-order chi connectivity index (χ1) is 8.73. The minimum atomic E-state index is -0.570. The summed E-state index contributed by atoms with van der Waals surface area (Å²) < 4.78 is 2.14. The predicted octanol–water partition coefficient (Wildman–Crippen LogP) is -1.44. The van der Waals surface area contributed by atoms with Crippen molar-refractivity contribution >= 4 is 6.08 Å². The van der Waals surface area contributed by atoms with Crippen LogP contribution in [0.2, 0.25) is 0 Å². The molecule has 0 heterocycles. The number of hydrogen-bond donors (Lipinski definition) is 0. The topological polar surface area (TPSA) is 0 Å². The first-order valence-electron chi connectivity index (χ1n) is 6.68. The Morgan fingerprint density at radius 3 is 2.70 bits per heavy atom. The number of rotatable bonds is 3. The van der Waals surface area contributed by atoms with Gasteiger partial charge < -0.3 is 24.8 Å². The molecule has 0 fully saturated rings. The minimum Gasteiger partial charge on any atom is -1.00 e. The van der Waals surface area contributed by atoms with Crippen LogP contribution in [0.3, 0.4) is 0 Å². The molecule has 0 saturated heterocycles. The van der Waals surface area contributed by atoms with Crippen molar-refractivity contribution in [2.45, 2.75) is 29.8 Å². The van der Waals surface area contributed by atoms with Crippen molar-refractivity contribution in [2.75, 3.05) is 0 Å². The van der Waals surface area contributed by atoms with E-state index in [2.05, 4.69) is 62.4 Å². The van der Waals surface area contributed by atoms with Crippen LogP contribution in [0.1, 0.15) is 36.5 Å². The van der Waals surface area contributed by atoms with Crippen molar-refractivity contribution in [3.05, 3.63) is 62.5 Å². The van der Waals surface area contributed by atoms with Gasteiger partial charge in [0.2, 0.25) is 0 Å². The van der Waals surface area contributed by atoms with E-state index in [-0.39, 0.29) is 24.8 Å². The Morgan fingerprint density at radius 2 is 2.05 bits per heavy atom. The average molecular weight is 384 g/mol. The van der Waals surface area contributed by atoms with Gasteiger partial charge in [-0.2, -0.15) is 0 Å². The van der Waals surface area contributed by atoms with Crippen molar-refractivity contribution in [1.29, 1.82) is 0 Å². The monoisotopic (exact) mass is 382 g/mol. The van der Waals surface area contributed by atoms with Crippen LogP contribution in [0.25, 0.3) is 6.08 Å². The van der Waals surface area contributed by atoms with Crippen LogP contribution in [-0.2, 0) is 26.4 Å². The standard InChI is InChI=1S/C12H13.C5H5.2ClH.Zr/c1-3-10-5-6-11-8-9(2)4-7-12(10)11;1-2-4-5-3-1;;;/h4-8H,3H2,1-2H3;1-3H,4H2;2*1H;/q;;;;+2/p-2. The maximum absolute atomic E-state index is 2.50. The van der Waals surface area contributed by atoms with E-state index < -0.39 is 23.2 Å². The third kappa shape index (κ3) is 3.21. The fourth-order valence-electron chi connectivity index (χ4n) is 2.88. The van der Waals surface area contributed by atoms with E-state index in [1.807, 2.05) is 0 Å². The maximum atomic E-state index is 2.50. The molecule has 1 aromatic rings. The summed E-state index contributed by atoms with van der Waals surface area (Å²) >= 11 is -0.570. The molecule has 0 aromatic heterocycles. The Balaban J connectivity index is 0.000001000. The zero-order valence-electron chi connectivity index (χ0n) is 11.8. The quantitative estimate of drug-likeness (QED) is 0.599. The van der Waals surface area contributed by atoms with E-state index >= 15 is 0 Å². The van der Waals surface area contributed by atoms with Crippen LogP contribution in [0.15, 0.2) is 45.8 Å². The average Bonchev–Trinajstić information content (AvgIpc) is 2.98. The Labute approximate surface area is 145 Å². The molecular formula is C17H18Cl2Zr. The van der Waals surface area contributed by atoms with E-state index in [0.29, 0.717) is 3.12 Å². The number of fused-ring (bicyclic) bond motifs is 1. The second-order valence-corrected chi connectivity index (χ2v) is 9.58. The van der Waals surface area contributed by atoms with E-state index in [1.54, 1.807) is 8.84 Å². The van der Waals surface area contributed by atoms with Crippen molar-refractivity contribution < 1.29 is 48.0 Å². The summed E-state index contributed by atoms with van der Waals surface area (Å²) in [5, 5.41) is 0. The van der Waals surface area contributed by atoms with Gasteiger partial charge in [0.05, 0.1) is 0 Å². The predicted molar refractivity (Wildman–Crippen MR) is 74.0 cm³/mol. The van der Waals surface area contributed by atoms with Crippen molar-refractivity contribution in [3.63, 3.8) is 0 Å². The summed E-state index contributed by atoms with van der Waals surface area (Å²) in [6.45, 7) is 4.53. The Hall–Kier alpha value is -0.0969. The fraction of sp³-hybridized carbons (Fsp3) is 0.294. The summed E-state index contributed by atoms with van der Waals surface area (Å²) in [6, 6.07) is 6.98. The summed E-state index contributed by atoms with van der Waals surface area (Å²) in [6.07, 6.45) is 14.2. The summed E-state index contributed by atoms with van der Waals surface area (Å²) in [4.78, 5) is 0. The van der Waals surface area contributed by atoms with Gasteiger partial charge in [0.1, 0.15) is 0 Å². The Bertz CT molecular complexity index is 572. The molecule has 0 radical (unpaired) electrons. The van der Waals surface area contributed by atoms with E-state index in [0.717, 1.165) is 0 Å². The second kappa shape index (κ2) is 7.25. The van der Waals surface area contributed by atoms with Crippen LogP contribution in [0.4, 0.5) is 0 Å². The molecule has 0 N–H and O–H groups in total. The first kappa shape index (κ1) is 18.0. The summed E-state index contributed by atoms with van der Waals surface area (Å²) in [7, 11) is 0. The molecule has 3 heteroatoms. The van der Waals surface area contributed by atoms with Gasteiger partial charge in [-0.05, 0) is 0 Å². The maximum Gasteiger partial charge on any atom is -1.00 e. The van der Waals surface area contributed by atoms with Gasteiger partial charge in [-0.1, -0.05) is 0 Å². The smallest absolute Gasteiger partial charge is 1.00 e. The largest absolute Gasteiger partial charge is 1.00 e. The molecule has 1 atom stereocenters. The molecule has 1 aromatic carbocycles. The van der Waals surface area contributed by atoms with Crippen molar-refractivity contribution in [3.8, 4) is 0 Å². The van der Waals surface area contributed by atoms with Gasteiger partial charge >= 0.3 is 122 Å². The molecule has 0 aliphatic heterocycles. The number of aryl methyl sites for hydroxylation is 1. The number of allylic oxidation sites excluding steroid dienone is 5. The normalized spacial score (nSPS) is 21.6. The molecule has 2 aliphatic carbocycles. The third-order valence-electron chi connectivity index (χ3n) is 3.95. The van der Waals surface area contributed by atoms with Crippen LogP contribution in [0.5, 0.6) is 0 Å². The molecular weight excluding hydrogens is 366 g/mol. The molecule has 3 rings (SSSR count). The zero-order valence-corrected chi connectivity index (χ0v) is 15.8. The molecule has 104 valence electrons. The third-order valence-corrected chi connectivity index (χ3v) is 8.69. The van der Waals surface area contributed by atoms with Gasteiger partial charge in [0.25, 0.3) is 0 Å². The van der Waals surface area contributed by atoms with Gasteiger partial charge in [-0.25, -0.2) is 0 Å². The fourth-order valence-corrected chi connectivity index (χ4v) is 7.01. The number of hydrogen-bond acceptors (Lipinski definition) is 0. The molecule has 0 saturated carbocycles. The minimum absolute atomic E-state index is 0. The van der Waals surface area contributed by atoms with Crippen molar-refractivity contribution in [1.82, 2.24) is 0 Å². The number of benzene rings is 1. The molecule has 20 heavy (non-hydrogen) atoms. The summed E-state index contributed by atoms with van der Waals surface area (Å²) in [5.41, 5.74) is 4.43. The number of halogens is 2. The van der Waals surface area contributed by atoms with Gasteiger partial charge in [-0.3, -0.25) is 0 Å². The second-order valence-electron chi connectivity index (χ2n) is 5.20. The van der Waals surface area contributed by atoms with Crippen LogP contribution in [-0.4, -0.2) is 0 Å². The van der Waals surface area contributed by atoms with Gasteiger partial charge in [0.15, 0.2) is 0 Å². The van der Waals surface area contributed by atoms with Gasteiger partial charge in [0, 0.05) is 0 Å². The molecule has 2 aliphatic rings. The zero-order chi connectivity index (χ0) is 12.6. The SMILES string of the molecule is CC[C]1([Zr+2][C]2=CC=CC2)C=Cc2cc(C)ccc21.[Cl-].[Cl-]. The molecule has 1 unspecified atom stereocenters.